The first-order valence-corrected chi connectivity index (χ1v) is 6.97. The Balaban J connectivity index is 2.52. The molecule has 1 heterocycles. The van der Waals surface area contributed by atoms with E-state index in [2.05, 4.69) is 4.98 Å². The van der Waals surface area contributed by atoms with Gasteiger partial charge in [0.05, 0.1) is 19.2 Å². The van der Waals surface area contributed by atoms with Crippen molar-refractivity contribution in [2.24, 2.45) is 0 Å². The highest BCUT2D eigenvalue weighted by Gasteiger charge is 2.15. The van der Waals surface area contributed by atoms with Gasteiger partial charge in [0, 0.05) is 0 Å². The lowest BCUT2D eigenvalue weighted by molar-refractivity contribution is 0.414. The molecule has 0 bridgehead atoms. The van der Waals surface area contributed by atoms with Crippen LogP contribution in [0, 0.1) is 0 Å². The Morgan fingerprint density at radius 2 is 2.05 bits per heavy atom. The topological polar surface area (TPSA) is 64.1 Å². The Morgan fingerprint density at radius 3 is 2.67 bits per heavy atom. The van der Waals surface area contributed by atoms with Crippen molar-refractivity contribution in [1.29, 1.82) is 0 Å². The number of methoxy groups -OCH3 is 1. The molecule has 0 saturated carbocycles. The van der Waals surface area contributed by atoms with E-state index in [4.69, 9.17) is 16.3 Å². The fraction of sp³-hybridized carbons (Fsp3) is 0.333. The van der Waals surface area contributed by atoms with Crippen LogP contribution in [0.15, 0.2) is 33.9 Å². The molecular weight excluding hydrogens is 292 g/mol. The van der Waals surface area contributed by atoms with Crippen molar-refractivity contribution in [2.75, 3.05) is 7.11 Å². The SMILES string of the molecule is COc1cccc(Cn2c(=O)[nH]c(Cl)c(C(C)C)c2=O)c1. The normalized spacial score (nSPS) is 10.9. The van der Waals surface area contributed by atoms with E-state index in [1.807, 2.05) is 26.0 Å². The van der Waals surface area contributed by atoms with Crippen molar-refractivity contribution in [3.63, 3.8) is 0 Å². The van der Waals surface area contributed by atoms with Gasteiger partial charge in [-0.15, -0.1) is 0 Å². The number of benzene rings is 1. The van der Waals surface area contributed by atoms with Gasteiger partial charge >= 0.3 is 5.69 Å². The van der Waals surface area contributed by atoms with Crippen LogP contribution in [0.5, 0.6) is 5.75 Å². The average molecular weight is 309 g/mol. The molecule has 5 nitrogen and oxygen atoms in total. The minimum Gasteiger partial charge on any atom is -0.497 e. The average Bonchev–Trinajstić information content (AvgIpc) is 2.43. The van der Waals surface area contributed by atoms with Crippen LogP contribution in [-0.4, -0.2) is 16.7 Å². The zero-order chi connectivity index (χ0) is 15.6. The second-order valence-corrected chi connectivity index (χ2v) is 5.43. The molecule has 0 spiro atoms. The van der Waals surface area contributed by atoms with Crippen molar-refractivity contribution >= 4 is 11.6 Å². The number of nitrogens with one attached hydrogen (secondary N) is 1. The molecule has 1 aromatic carbocycles. The lowest BCUT2D eigenvalue weighted by Crippen LogP contribution is -2.38. The summed E-state index contributed by atoms with van der Waals surface area (Å²) in [7, 11) is 1.57. The Labute approximate surface area is 127 Å². The number of ether oxygens (including phenoxy) is 1. The van der Waals surface area contributed by atoms with E-state index >= 15 is 0 Å². The molecule has 2 aromatic rings. The summed E-state index contributed by atoms with van der Waals surface area (Å²) in [6, 6.07) is 7.23. The lowest BCUT2D eigenvalue weighted by atomic mass is 10.1. The van der Waals surface area contributed by atoms with E-state index in [0.717, 1.165) is 10.1 Å². The summed E-state index contributed by atoms with van der Waals surface area (Å²) in [6.07, 6.45) is 0. The zero-order valence-corrected chi connectivity index (χ0v) is 12.9. The predicted octanol–water partition coefficient (Wildman–Crippen LogP) is 2.37. The number of aromatic amines is 1. The summed E-state index contributed by atoms with van der Waals surface area (Å²) in [5.41, 5.74) is 0.344. The number of halogens is 1. The summed E-state index contributed by atoms with van der Waals surface area (Å²) in [5.74, 6) is 0.605. The van der Waals surface area contributed by atoms with Crippen LogP contribution in [0.25, 0.3) is 0 Å². The van der Waals surface area contributed by atoms with Crippen LogP contribution in [0.4, 0.5) is 0 Å². The number of rotatable bonds is 4. The van der Waals surface area contributed by atoms with E-state index in [-0.39, 0.29) is 23.2 Å². The van der Waals surface area contributed by atoms with E-state index in [1.54, 1.807) is 19.2 Å². The van der Waals surface area contributed by atoms with Gasteiger partial charge in [-0.2, -0.15) is 0 Å². The molecule has 0 aliphatic heterocycles. The maximum atomic E-state index is 12.4. The molecule has 0 aliphatic carbocycles. The highest BCUT2D eigenvalue weighted by Crippen LogP contribution is 2.17. The molecule has 0 amide bonds. The van der Waals surface area contributed by atoms with Crippen molar-refractivity contribution in [3.05, 3.63) is 61.4 Å². The first kappa shape index (κ1) is 15.4. The van der Waals surface area contributed by atoms with Crippen LogP contribution in [-0.2, 0) is 6.54 Å². The zero-order valence-electron chi connectivity index (χ0n) is 12.1. The summed E-state index contributed by atoms with van der Waals surface area (Å²) < 4.78 is 6.29. The summed E-state index contributed by atoms with van der Waals surface area (Å²) in [5, 5.41) is 0.113. The smallest absolute Gasteiger partial charge is 0.329 e. The molecule has 0 unspecified atom stereocenters. The summed E-state index contributed by atoms with van der Waals surface area (Å²) in [4.78, 5) is 26.9. The van der Waals surface area contributed by atoms with Crippen molar-refractivity contribution in [1.82, 2.24) is 9.55 Å². The molecule has 0 fully saturated rings. The van der Waals surface area contributed by atoms with Crippen LogP contribution in [0.1, 0.15) is 30.9 Å². The summed E-state index contributed by atoms with van der Waals surface area (Å²) >= 11 is 5.96. The Bertz CT molecular complexity index is 762. The standard InChI is InChI=1S/C15H17ClN2O3/c1-9(2)12-13(16)17-15(20)18(14(12)19)8-10-5-4-6-11(7-10)21-3/h4-7,9H,8H2,1-3H3,(H,17,20). The van der Waals surface area contributed by atoms with E-state index in [9.17, 15) is 9.59 Å². The van der Waals surface area contributed by atoms with Crippen molar-refractivity contribution < 1.29 is 4.74 Å². The van der Waals surface area contributed by atoms with Crippen molar-refractivity contribution in [3.8, 4) is 5.75 Å². The van der Waals surface area contributed by atoms with Gasteiger partial charge < -0.3 is 4.74 Å². The van der Waals surface area contributed by atoms with E-state index in [1.165, 1.54) is 0 Å². The van der Waals surface area contributed by atoms with Gasteiger partial charge in [0.2, 0.25) is 0 Å². The highest BCUT2D eigenvalue weighted by atomic mass is 35.5. The molecule has 112 valence electrons. The molecule has 2 rings (SSSR count). The number of nitrogens with zero attached hydrogens (tertiary/aromatic N) is 1. The maximum Gasteiger partial charge on any atom is 0.329 e. The largest absolute Gasteiger partial charge is 0.497 e. The van der Waals surface area contributed by atoms with Gasteiger partial charge in [-0.3, -0.25) is 14.3 Å². The van der Waals surface area contributed by atoms with Gasteiger partial charge in [-0.05, 0) is 23.6 Å². The Hall–Kier alpha value is -2.01. The number of hydrogen-bond donors (Lipinski definition) is 1. The van der Waals surface area contributed by atoms with Gasteiger partial charge in [0.25, 0.3) is 5.56 Å². The van der Waals surface area contributed by atoms with Crippen LogP contribution < -0.4 is 16.0 Å². The quantitative estimate of drug-likeness (QED) is 0.882. The Kier molecular flexibility index (Phi) is 4.53. The van der Waals surface area contributed by atoms with Crippen LogP contribution in [0.2, 0.25) is 5.15 Å². The lowest BCUT2D eigenvalue weighted by Gasteiger charge is -2.11. The second kappa shape index (κ2) is 6.18. The third-order valence-corrected chi connectivity index (χ3v) is 3.52. The van der Waals surface area contributed by atoms with Gasteiger partial charge in [-0.25, -0.2) is 4.79 Å². The molecule has 6 heteroatoms. The Morgan fingerprint density at radius 1 is 1.33 bits per heavy atom. The third-order valence-electron chi connectivity index (χ3n) is 3.23. The molecule has 0 saturated heterocycles. The third kappa shape index (κ3) is 3.19. The number of hydrogen-bond acceptors (Lipinski definition) is 3. The monoisotopic (exact) mass is 308 g/mol. The number of H-pyrrole nitrogens is 1. The van der Waals surface area contributed by atoms with Crippen LogP contribution in [0.3, 0.4) is 0 Å². The summed E-state index contributed by atoms with van der Waals surface area (Å²) in [6.45, 7) is 3.88. The first-order valence-electron chi connectivity index (χ1n) is 6.59. The van der Waals surface area contributed by atoms with Gasteiger partial charge in [0.1, 0.15) is 10.9 Å². The molecule has 21 heavy (non-hydrogen) atoms. The molecule has 0 radical (unpaired) electrons. The highest BCUT2D eigenvalue weighted by molar-refractivity contribution is 6.30. The van der Waals surface area contributed by atoms with Crippen molar-refractivity contribution in [2.45, 2.75) is 26.3 Å². The molecule has 0 atom stereocenters. The fourth-order valence-electron chi connectivity index (χ4n) is 2.16. The predicted molar refractivity (Wildman–Crippen MR) is 82.5 cm³/mol. The van der Waals surface area contributed by atoms with Gasteiger partial charge in [-0.1, -0.05) is 37.6 Å². The number of aromatic nitrogens is 2. The minimum absolute atomic E-state index is 0.0709. The second-order valence-electron chi connectivity index (χ2n) is 5.06. The molecule has 1 aromatic heterocycles. The van der Waals surface area contributed by atoms with Crippen LogP contribution >= 0.6 is 11.6 Å². The molecular formula is C15H17ClN2O3. The minimum atomic E-state index is -0.516. The first-order chi connectivity index (χ1) is 9.93. The van der Waals surface area contributed by atoms with E-state index in [0.29, 0.717) is 11.3 Å². The fourth-order valence-corrected chi connectivity index (χ4v) is 2.54. The van der Waals surface area contributed by atoms with Gasteiger partial charge in [0.15, 0.2) is 0 Å². The maximum absolute atomic E-state index is 12.4. The van der Waals surface area contributed by atoms with E-state index < -0.39 is 5.69 Å². The molecule has 0 aliphatic rings. The molecule has 1 N–H and O–H groups in total.